The molecule has 3 heterocycles. The number of hydrogen-bond acceptors (Lipinski definition) is 5. The molecule has 0 bridgehead atoms. The Labute approximate surface area is 183 Å². The minimum atomic E-state index is -4.79. The normalized spacial score (nSPS) is 16.0. The number of pyridine rings is 1. The Morgan fingerprint density at radius 3 is 2.56 bits per heavy atom. The van der Waals surface area contributed by atoms with Gasteiger partial charge in [-0.3, -0.25) is 14.8 Å². The molecule has 7 nitrogen and oxygen atoms in total. The lowest BCUT2D eigenvalue weighted by Crippen LogP contribution is -2.42. The Morgan fingerprint density at radius 1 is 1.16 bits per heavy atom. The fraction of sp³-hybridized carbons (Fsp3) is 0.409. The highest BCUT2D eigenvalue weighted by molar-refractivity contribution is 5.95. The number of halogens is 3. The highest BCUT2D eigenvalue weighted by Gasteiger charge is 2.40. The summed E-state index contributed by atoms with van der Waals surface area (Å²) in [5.41, 5.74) is -0.757. The average molecular weight is 444 g/mol. The van der Waals surface area contributed by atoms with Crippen molar-refractivity contribution in [2.75, 3.05) is 6.54 Å². The van der Waals surface area contributed by atoms with E-state index in [0.29, 0.717) is 5.69 Å². The van der Waals surface area contributed by atoms with E-state index in [2.05, 4.69) is 25.4 Å². The molecular weight excluding hydrogens is 421 g/mol. The Hall–Kier alpha value is -3.30. The van der Waals surface area contributed by atoms with E-state index in [0.717, 1.165) is 48.5 Å². The second-order valence-electron chi connectivity index (χ2n) is 8.06. The molecule has 1 fully saturated rings. The SMILES string of the molecule is Cc1nccnc1-n1cc(C(=O)NCC2(c3cccnc3)CCCCC2)c(C(F)(F)F)n1. The second-order valence-corrected chi connectivity index (χ2v) is 8.06. The number of alkyl halides is 3. The van der Waals surface area contributed by atoms with Crippen LogP contribution in [0.4, 0.5) is 13.2 Å². The van der Waals surface area contributed by atoms with Crippen LogP contribution in [0, 0.1) is 6.92 Å². The van der Waals surface area contributed by atoms with Gasteiger partial charge < -0.3 is 5.32 Å². The molecular formula is C22H23F3N6O. The molecule has 0 aromatic carbocycles. The summed E-state index contributed by atoms with van der Waals surface area (Å²) in [6.45, 7) is 1.84. The molecule has 1 aliphatic rings. The van der Waals surface area contributed by atoms with Gasteiger partial charge in [0, 0.05) is 42.9 Å². The molecule has 0 aliphatic heterocycles. The van der Waals surface area contributed by atoms with E-state index in [1.165, 1.54) is 12.4 Å². The van der Waals surface area contributed by atoms with Crippen molar-refractivity contribution in [3.05, 3.63) is 65.6 Å². The summed E-state index contributed by atoms with van der Waals surface area (Å²) >= 11 is 0. The van der Waals surface area contributed by atoms with Crippen LogP contribution < -0.4 is 5.32 Å². The lowest BCUT2D eigenvalue weighted by atomic mass is 9.70. The van der Waals surface area contributed by atoms with E-state index in [9.17, 15) is 18.0 Å². The van der Waals surface area contributed by atoms with Crippen molar-refractivity contribution in [1.29, 1.82) is 0 Å². The van der Waals surface area contributed by atoms with E-state index < -0.39 is 23.3 Å². The van der Waals surface area contributed by atoms with E-state index in [1.54, 1.807) is 19.3 Å². The summed E-state index contributed by atoms with van der Waals surface area (Å²) in [7, 11) is 0. The second kappa shape index (κ2) is 8.68. The molecule has 0 spiro atoms. The third kappa shape index (κ3) is 4.35. The lowest BCUT2D eigenvalue weighted by molar-refractivity contribution is -0.141. The number of carbonyl (C=O) groups excluding carboxylic acids is 1. The Morgan fingerprint density at radius 2 is 1.91 bits per heavy atom. The molecule has 10 heteroatoms. The van der Waals surface area contributed by atoms with Crippen LogP contribution in [0.2, 0.25) is 0 Å². The molecule has 0 saturated heterocycles. The molecule has 3 aromatic heterocycles. The smallest absolute Gasteiger partial charge is 0.351 e. The van der Waals surface area contributed by atoms with Crippen LogP contribution in [0.15, 0.2) is 43.1 Å². The number of aromatic nitrogens is 5. The van der Waals surface area contributed by atoms with Crippen molar-refractivity contribution < 1.29 is 18.0 Å². The van der Waals surface area contributed by atoms with Gasteiger partial charge in [0.05, 0.1) is 11.3 Å². The topological polar surface area (TPSA) is 85.6 Å². The third-order valence-corrected chi connectivity index (χ3v) is 5.97. The number of rotatable bonds is 5. The van der Waals surface area contributed by atoms with Crippen molar-refractivity contribution in [1.82, 2.24) is 30.0 Å². The standard InChI is InChI=1S/C22H23F3N6O/c1-15-19(28-11-10-27-15)31-13-17(18(30-31)22(23,24)25)20(32)29-14-21(7-3-2-4-8-21)16-6-5-9-26-12-16/h5-6,9-13H,2-4,7-8,14H2,1H3,(H,29,32). The van der Waals surface area contributed by atoms with Crippen LogP contribution in [-0.2, 0) is 11.6 Å². The van der Waals surface area contributed by atoms with Gasteiger partial charge in [0.15, 0.2) is 11.5 Å². The monoisotopic (exact) mass is 444 g/mol. The first-order valence-corrected chi connectivity index (χ1v) is 10.4. The summed E-state index contributed by atoms with van der Waals surface area (Å²) in [6.07, 6.45) is 7.26. The van der Waals surface area contributed by atoms with Crippen LogP contribution >= 0.6 is 0 Å². The summed E-state index contributed by atoms with van der Waals surface area (Å²) in [6, 6.07) is 3.79. The van der Waals surface area contributed by atoms with Crippen molar-refractivity contribution in [3.8, 4) is 5.82 Å². The van der Waals surface area contributed by atoms with Crippen LogP contribution in [0.1, 0.15) is 59.4 Å². The Kier molecular flexibility index (Phi) is 5.94. The van der Waals surface area contributed by atoms with Crippen molar-refractivity contribution in [3.63, 3.8) is 0 Å². The number of nitrogens with one attached hydrogen (secondary N) is 1. The van der Waals surface area contributed by atoms with Crippen LogP contribution in [0.25, 0.3) is 5.82 Å². The summed E-state index contributed by atoms with van der Waals surface area (Å²) in [5.74, 6) is -0.685. The number of amides is 1. The summed E-state index contributed by atoms with van der Waals surface area (Å²) in [5, 5.41) is 6.37. The summed E-state index contributed by atoms with van der Waals surface area (Å²) < 4.78 is 42.0. The zero-order chi connectivity index (χ0) is 22.8. The number of hydrogen-bond donors (Lipinski definition) is 1. The van der Waals surface area contributed by atoms with Gasteiger partial charge in [-0.1, -0.05) is 25.3 Å². The zero-order valence-electron chi connectivity index (χ0n) is 17.6. The first-order valence-electron chi connectivity index (χ1n) is 10.4. The fourth-order valence-corrected chi connectivity index (χ4v) is 4.30. The molecule has 168 valence electrons. The highest BCUT2D eigenvalue weighted by Crippen LogP contribution is 2.39. The molecule has 0 unspecified atom stereocenters. The van der Waals surface area contributed by atoms with Gasteiger partial charge in [-0.15, -0.1) is 0 Å². The zero-order valence-corrected chi connectivity index (χ0v) is 17.6. The van der Waals surface area contributed by atoms with E-state index in [-0.39, 0.29) is 17.8 Å². The van der Waals surface area contributed by atoms with Gasteiger partial charge in [0.1, 0.15) is 0 Å². The number of nitrogens with zero attached hydrogens (tertiary/aromatic N) is 5. The number of aryl methyl sites for hydroxylation is 1. The maximum atomic E-state index is 13.7. The molecule has 1 amide bonds. The maximum Gasteiger partial charge on any atom is 0.435 e. The van der Waals surface area contributed by atoms with Gasteiger partial charge in [-0.2, -0.15) is 18.3 Å². The van der Waals surface area contributed by atoms with E-state index in [1.807, 2.05) is 12.1 Å². The molecule has 32 heavy (non-hydrogen) atoms. The first-order chi connectivity index (χ1) is 15.3. The molecule has 0 atom stereocenters. The Balaban J connectivity index is 1.63. The average Bonchev–Trinajstić information content (AvgIpc) is 3.25. The molecule has 1 aliphatic carbocycles. The van der Waals surface area contributed by atoms with Crippen LogP contribution in [0.3, 0.4) is 0 Å². The van der Waals surface area contributed by atoms with Crippen molar-refractivity contribution >= 4 is 5.91 Å². The molecule has 1 N–H and O–H groups in total. The van der Waals surface area contributed by atoms with Gasteiger partial charge >= 0.3 is 6.18 Å². The predicted octanol–water partition coefficient (Wildman–Crippen LogP) is 4.02. The molecule has 4 rings (SSSR count). The molecule has 1 saturated carbocycles. The molecule has 0 radical (unpaired) electrons. The van der Waals surface area contributed by atoms with Crippen LogP contribution in [-0.4, -0.2) is 37.2 Å². The van der Waals surface area contributed by atoms with E-state index in [4.69, 9.17) is 0 Å². The van der Waals surface area contributed by atoms with E-state index >= 15 is 0 Å². The minimum absolute atomic E-state index is 0.135. The Bertz CT molecular complexity index is 1090. The van der Waals surface area contributed by atoms with Gasteiger partial charge in [-0.25, -0.2) is 9.67 Å². The number of carbonyl (C=O) groups is 1. The van der Waals surface area contributed by atoms with Gasteiger partial charge in [0.2, 0.25) is 0 Å². The lowest BCUT2D eigenvalue weighted by Gasteiger charge is -2.37. The first kappa shape index (κ1) is 21.9. The third-order valence-electron chi connectivity index (χ3n) is 5.97. The molecule has 3 aromatic rings. The largest absolute Gasteiger partial charge is 0.435 e. The summed E-state index contributed by atoms with van der Waals surface area (Å²) in [4.78, 5) is 25.2. The quantitative estimate of drug-likeness (QED) is 0.643. The van der Waals surface area contributed by atoms with Crippen LogP contribution in [0.5, 0.6) is 0 Å². The minimum Gasteiger partial charge on any atom is -0.351 e. The highest BCUT2D eigenvalue weighted by atomic mass is 19.4. The van der Waals surface area contributed by atoms with Gasteiger partial charge in [0.25, 0.3) is 5.91 Å². The maximum absolute atomic E-state index is 13.7. The van der Waals surface area contributed by atoms with Gasteiger partial charge in [-0.05, 0) is 31.4 Å². The van der Waals surface area contributed by atoms with Crippen molar-refractivity contribution in [2.24, 2.45) is 0 Å². The predicted molar refractivity (Wildman–Crippen MR) is 110 cm³/mol. The van der Waals surface area contributed by atoms with Crippen molar-refractivity contribution in [2.45, 2.75) is 50.6 Å². The fourth-order valence-electron chi connectivity index (χ4n) is 4.30.